The molecule has 0 spiro atoms. The Balaban J connectivity index is 0.00000364. The number of rotatable bonds is 6. The highest BCUT2D eigenvalue weighted by Gasteiger charge is 2.14. The SMILES string of the molecule is COc1cc(O)c(/C=C(\C)C(=O)Oc2ccc(C(=N)N)cc2)c(OC)c1.Cl. The van der Waals surface area contributed by atoms with E-state index >= 15 is 0 Å². The summed E-state index contributed by atoms with van der Waals surface area (Å²) in [6, 6.07) is 9.30. The van der Waals surface area contributed by atoms with Gasteiger partial charge in [0.2, 0.25) is 0 Å². The van der Waals surface area contributed by atoms with Crippen LogP contribution in [0.15, 0.2) is 42.0 Å². The maximum Gasteiger partial charge on any atom is 0.339 e. The molecule has 0 aliphatic rings. The van der Waals surface area contributed by atoms with E-state index in [-0.39, 0.29) is 29.6 Å². The van der Waals surface area contributed by atoms with Crippen LogP contribution in [-0.2, 0) is 4.79 Å². The molecule has 8 heteroatoms. The molecule has 0 amide bonds. The maximum absolute atomic E-state index is 12.3. The zero-order valence-electron chi connectivity index (χ0n) is 15.1. The largest absolute Gasteiger partial charge is 0.507 e. The highest BCUT2D eigenvalue weighted by molar-refractivity contribution is 5.96. The van der Waals surface area contributed by atoms with Crippen molar-refractivity contribution in [3.8, 4) is 23.0 Å². The van der Waals surface area contributed by atoms with Crippen LogP contribution in [0.4, 0.5) is 0 Å². The lowest BCUT2D eigenvalue weighted by molar-refractivity contribution is -0.130. The molecule has 2 rings (SSSR count). The van der Waals surface area contributed by atoms with Crippen molar-refractivity contribution in [3.05, 3.63) is 53.1 Å². The molecular formula is C19H21ClN2O5. The molecular weight excluding hydrogens is 372 g/mol. The van der Waals surface area contributed by atoms with Crippen molar-refractivity contribution >= 4 is 30.3 Å². The Morgan fingerprint density at radius 3 is 2.26 bits per heavy atom. The number of carbonyl (C=O) groups is 1. The fourth-order valence-corrected chi connectivity index (χ4v) is 2.18. The van der Waals surface area contributed by atoms with Crippen molar-refractivity contribution in [1.82, 2.24) is 0 Å². The van der Waals surface area contributed by atoms with Gasteiger partial charge in [0, 0.05) is 23.3 Å². The van der Waals surface area contributed by atoms with E-state index < -0.39 is 5.97 Å². The summed E-state index contributed by atoms with van der Waals surface area (Å²) in [5.74, 6) is 0.374. The molecule has 0 saturated carbocycles. The summed E-state index contributed by atoms with van der Waals surface area (Å²) in [7, 11) is 2.93. The maximum atomic E-state index is 12.3. The van der Waals surface area contributed by atoms with Crippen LogP contribution in [0.25, 0.3) is 6.08 Å². The molecule has 0 aliphatic heterocycles. The molecule has 7 nitrogen and oxygen atoms in total. The summed E-state index contributed by atoms with van der Waals surface area (Å²) in [5, 5.41) is 17.5. The van der Waals surface area contributed by atoms with Gasteiger partial charge in [0.05, 0.1) is 19.8 Å². The van der Waals surface area contributed by atoms with Gasteiger partial charge in [-0.3, -0.25) is 5.41 Å². The second-order valence-corrected chi connectivity index (χ2v) is 5.42. The minimum absolute atomic E-state index is 0. The van der Waals surface area contributed by atoms with Gasteiger partial charge in [0.1, 0.15) is 28.8 Å². The van der Waals surface area contributed by atoms with Crippen LogP contribution < -0.4 is 19.9 Å². The van der Waals surface area contributed by atoms with E-state index in [1.165, 1.54) is 26.4 Å². The number of nitrogens with one attached hydrogen (secondary N) is 1. The number of aromatic hydroxyl groups is 1. The predicted octanol–water partition coefficient (Wildman–Crippen LogP) is 3.12. The lowest BCUT2D eigenvalue weighted by Gasteiger charge is -2.11. The van der Waals surface area contributed by atoms with E-state index in [1.807, 2.05) is 0 Å². The molecule has 2 aromatic rings. The molecule has 0 heterocycles. The molecule has 0 saturated heterocycles. The third-order valence-corrected chi connectivity index (χ3v) is 3.61. The van der Waals surface area contributed by atoms with Crippen LogP contribution >= 0.6 is 12.4 Å². The number of hydrogen-bond donors (Lipinski definition) is 3. The van der Waals surface area contributed by atoms with E-state index in [9.17, 15) is 9.90 Å². The second-order valence-electron chi connectivity index (χ2n) is 5.42. The van der Waals surface area contributed by atoms with Crippen LogP contribution in [0.2, 0.25) is 0 Å². The Morgan fingerprint density at radius 2 is 1.74 bits per heavy atom. The van der Waals surface area contributed by atoms with Crippen molar-refractivity contribution in [2.24, 2.45) is 5.73 Å². The van der Waals surface area contributed by atoms with Crippen LogP contribution in [0, 0.1) is 5.41 Å². The number of methoxy groups -OCH3 is 2. The van der Waals surface area contributed by atoms with Crippen LogP contribution in [0.1, 0.15) is 18.1 Å². The second kappa shape index (κ2) is 9.49. The number of nitrogens with two attached hydrogens (primary N) is 1. The number of halogens is 1. The minimum atomic E-state index is -0.585. The zero-order chi connectivity index (χ0) is 19.3. The van der Waals surface area contributed by atoms with Crippen molar-refractivity contribution in [1.29, 1.82) is 5.41 Å². The summed E-state index contributed by atoms with van der Waals surface area (Å²) in [4.78, 5) is 12.3. The Hall–Kier alpha value is -3.19. The highest BCUT2D eigenvalue weighted by atomic mass is 35.5. The van der Waals surface area contributed by atoms with Gasteiger partial charge < -0.3 is 25.1 Å². The standard InChI is InChI=1S/C19H20N2O5.ClH/c1-11(8-15-16(22)9-14(24-2)10-17(15)25-3)19(23)26-13-6-4-12(5-7-13)18(20)21;/h4-10,22H,1-3H3,(H3,20,21);1H/b11-8+;. The number of benzene rings is 2. The normalized spacial score (nSPS) is 10.6. The minimum Gasteiger partial charge on any atom is -0.507 e. The number of phenolic OH excluding ortho intramolecular Hbond substituents is 1. The average Bonchev–Trinajstić information content (AvgIpc) is 2.63. The molecule has 27 heavy (non-hydrogen) atoms. The quantitative estimate of drug-likeness (QED) is 0.229. The van der Waals surface area contributed by atoms with Gasteiger partial charge >= 0.3 is 5.97 Å². The Morgan fingerprint density at radius 1 is 1.11 bits per heavy atom. The molecule has 0 bridgehead atoms. The molecule has 0 atom stereocenters. The summed E-state index contributed by atoms with van der Waals surface area (Å²) in [6.45, 7) is 1.56. The van der Waals surface area contributed by atoms with Gasteiger partial charge in [-0.25, -0.2) is 4.79 Å². The van der Waals surface area contributed by atoms with Crippen molar-refractivity contribution < 1.29 is 24.1 Å². The number of nitrogen functional groups attached to an aromatic ring is 1. The first kappa shape index (κ1) is 21.9. The van der Waals surface area contributed by atoms with Crippen LogP contribution in [0.3, 0.4) is 0 Å². The molecule has 4 N–H and O–H groups in total. The number of ether oxygens (including phenoxy) is 3. The van der Waals surface area contributed by atoms with Gasteiger partial charge in [-0.1, -0.05) is 0 Å². The fourth-order valence-electron chi connectivity index (χ4n) is 2.18. The number of esters is 1. The Kier molecular flexibility index (Phi) is 7.68. The van der Waals surface area contributed by atoms with Gasteiger partial charge in [0.15, 0.2) is 0 Å². The summed E-state index contributed by atoms with van der Waals surface area (Å²) >= 11 is 0. The van der Waals surface area contributed by atoms with E-state index in [1.54, 1.807) is 37.3 Å². The molecule has 0 fully saturated rings. The van der Waals surface area contributed by atoms with E-state index in [2.05, 4.69) is 0 Å². The molecule has 0 radical (unpaired) electrons. The van der Waals surface area contributed by atoms with Crippen molar-refractivity contribution in [3.63, 3.8) is 0 Å². The average molecular weight is 393 g/mol. The van der Waals surface area contributed by atoms with Gasteiger partial charge in [-0.2, -0.15) is 0 Å². The summed E-state index contributed by atoms with van der Waals surface area (Å²) in [5.41, 5.74) is 6.52. The van der Waals surface area contributed by atoms with Crippen molar-refractivity contribution in [2.75, 3.05) is 14.2 Å². The first-order chi connectivity index (χ1) is 12.3. The first-order valence-electron chi connectivity index (χ1n) is 7.65. The zero-order valence-corrected chi connectivity index (χ0v) is 15.9. The lowest BCUT2D eigenvalue weighted by Crippen LogP contribution is -2.12. The number of hydrogen-bond acceptors (Lipinski definition) is 6. The lowest BCUT2D eigenvalue weighted by atomic mass is 10.1. The van der Waals surface area contributed by atoms with Crippen molar-refractivity contribution in [2.45, 2.75) is 6.92 Å². The topological polar surface area (TPSA) is 115 Å². The summed E-state index contributed by atoms with van der Waals surface area (Å²) < 4.78 is 15.6. The van der Waals surface area contributed by atoms with E-state index in [0.717, 1.165) is 0 Å². The number of amidine groups is 1. The van der Waals surface area contributed by atoms with Gasteiger partial charge in [-0.05, 0) is 37.3 Å². The third-order valence-electron chi connectivity index (χ3n) is 3.61. The fraction of sp³-hybridized carbons (Fsp3) is 0.158. The Bertz CT molecular complexity index is 863. The molecule has 0 unspecified atom stereocenters. The first-order valence-corrected chi connectivity index (χ1v) is 7.65. The highest BCUT2D eigenvalue weighted by Crippen LogP contribution is 2.35. The van der Waals surface area contributed by atoms with Crippen LogP contribution in [-0.4, -0.2) is 31.1 Å². The molecule has 0 aliphatic carbocycles. The smallest absolute Gasteiger partial charge is 0.339 e. The monoisotopic (exact) mass is 392 g/mol. The molecule has 144 valence electrons. The van der Waals surface area contributed by atoms with Gasteiger partial charge in [-0.15, -0.1) is 12.4 Å². The predicted molar refractivity (Wildman–Crippen MR) is 105 cm³/mol. The number of carbonyl (C=O) groups excluding carboxylic acids is 1. The molecule has 0 aromatic heterocycles. The van der Waals surface area contributed by atoms with Crippen LogP contribution in [0.5, 0.6) is 23.0 Å². The van der Waals surface area contributed by atoms with E-state index in [4.69, 9.17) is 25.4 Å². The number of phenols is 1. The van der Waals surface area contributed by atoms with Gasteiger partial charge in [0.25, 0.3) is 0 Å². The van der Waals surface area contributed by atoms with E-state index in [0.29, 0.717) is 28.4 Å². The third kappa shape index (κ3) is 5.39. The Labute approximate surface area is 163 Å². The molecule has 2 aromatic carbocycles. The summed E-state index contributed by atoms with van der Waals surface area (Å²) in [6.07, 6.45) is 1.47.